The van der Waals surface area contributed by atoms with Gasteiger partial charge in [0, 0.05) is 18.3 Å². The molecule has 2 aromatic rings. The number of hydrogen-bond donors (Lipinski definition) is 2. The highest BCUT2D eigenvalue weighted by atomic mass is 35.5. The summed E-state index contributed by atoms with van der Waals surface area (Å²) < 4.78 is 0. The predicted molar refractivity (Wildman–Crippen MR) is 78.2 cm³/mol. The van der Waals surface area contributed by atoms with E-state index in [0.29, 0.717) is 27.0 Å². The molecule has 4 nitrogen and oxygen atoms in total. The third kappa shape index (κ3) is 3.16. The van der Waals surface area contributed by atoms with Crippen molar-refractivity contribution < 1.29 is 4.79 Å². The van der Waals surface area contributed by atoms with Crippen LogP contribution in [-0.4, -0.2) is 17.9 Å². The summed E-state index contributed by atoms with van der Waals surface area (Å²) in [6, 6.07) is 6.51. The standard InChI is InChI=1S/C13H11Cl2N3O/c1-16-12-7-17-5-4-9(12)13(19)18-11-6-8(14)2-3-10(11)15/h2-7,16H,1H3,(H,18,19). The van der Waals surface area contributed by atoms with Gasteiger partial charge in [0.05, 0.1) is 28.2 Å². The van der Waals surface area contributed by atoms with Crippen LogP contribution in [-0.2, 0) is 0 Å². The summed E-state index contributed by atoms with van der Waals surface area (Å²) in [5, 5.41) is 6.56. The first kappa shape index (κ1) is 13.6. The number of halogens is 2. The van der Waals surface area contributed by atoms with Crippen LogP contribution in [0.15, 0.2) is 36.7 Å². The lowest BCUT2D eigenvalue weighted by atomic mass is 10.2. The molecule has 0 bridgehead atoms. The van der Waals surface area contributed by atoms with Crippen molar-refractivity contribution in [2.24, 2.45) is 0 Å². The molecule has 0 fully saturated rings. The largest absolute Gasteiger partial charge is 0.386 e. The number of carbonyl (C=O) groups excluding carboxylic acids is 1. The fourth-order valence-electron chi connectivity index (χ4n) is 1.57. The van der Waals surface area contributed by atoms with Gasteiger partial charge in [-0.1, -0.05) is 23.2 Å². The summed E-state index contributed by atoms with van der Waals surface area (Å²) in [4.78, 5) is 16.1. The zero-order chi connectivity index (χ0) is 13.8. The van der Waals surface area contributed by atoms with Crippen molar-refractivity contribution in [1.29, 1.82) is 0 Å². The monoisotopic (exact) mass is 295 g/mol. The Morgan fingerprint density at radius 3 is 2.74 bits per heavy atom. The molecule has 1 amide bonds. The van der Waals surface area contributed by atoms with Crippen LogP contribution in [0.25, 0.3) is 0 Å². The van der Waals surface area contributed by atoms with Crippen LogP contribution in [0.3, 0.4) is 0 Å². The third-order valence-corrected chi connectivity index (χ3v) is 3.08. The molecule has 2 N–H and O–H groups in total. The van der Waals surface area contributed by atoms with Crippen molar-refractivity contribution in [2.45, 2.75) is 0 Å². The molecule has 0 saturated heterocycles. The lowest BCUT2D eigenvalue weighted by Gasteiger charge is -2.10. The Hall–Kier alpha value is -1.78. The van der Waals surface area contributed by atoms with Crippen molar-refractivity contribution in [3.8, 4) is 0 Å². The fraction of sp³-hybridized carbons (Fsp3) is 0.0769. The molecule has 1 aromatic heterocycles. The van der Waals surface area contributed by atoms with E-state index in [2.05, 4.69) is 15.6 Å². The number of anilines is 2. The highest BCUT2D eigenvalue weighted by molar-refractivity contribution is 6.36. The van der Waals surface area contributed by atoms with Crippen molar-refractivity contribution >= 4 is 40.5 Å². The molecule has 19 heavy (non-hydrogen) atoms. The van der Waals surface area contributed by atoms with Crippen LogP contribution in [0, 0.1) is 0 Å². The molecule has 0 atom stereocenters. The number of nitrogens with zero attached hydrogens (tertiary/aromatic N) is 1. The topological polar surface area (TPSA) is 54.0 Å². The maximum Gasteiger partial charge on any atom is 0.257 e. The Morgan fingerprint density at radius 2 is 2.00 bits per heavy atom. The van der Waals surface area contributed by atoms with Crippen LogP contribution >= 0.6 is 23.2 Å². The summed E-state index contributed by atoms with van der Waals surface area (Å²) in [5.41, 5.74) is 1.59. The highest BCUT2D eigenvalue weighted by Crippen LogP contribution is 2.26. The van der Waals surface area contributed by atoms with E-state index in [1.54, 1.807) is 43.7 Å². The molecule has 2 rings (SSSR count). The number of aromatic nitrogens is 1. The number of nitrogens with one attached hydrogen (secondary N) is 2. The first-order chi connectivity index (χ1) is 9.11. The lowest BCUT2D eigenvalue weighted by Crippen LogP contribution is -2.14. The molecule has 1 heterocycles. The number of rotatable bonds is 3. The van der Waals surface area contributed by atoms with Gasteiger partial charge >= 0.3 is 0 Å². The highest BCUT2D eigenvalue weighted by Gasteiger charge is 2.12. The Labute approximate surface area is 120 Å². The van der Waals surface area contributed by atoms with Crippen LogP contribution in [0.1, 0.15) is 10.4 Å². The zero-order valence-electron chi connectivity index (χ0n) is 10.1. The van der Waals surface area contributed by atoms with Gasteiger partial charge in [0.25, 0.3) is 5.91 Å². The first-order valence-electron chi connectivity index (χ1n) is 5.50. The van der Waals surface area contributed by atoms with Gasteiger partial charge in [-0.2, -0.15) is 0 Å². The van der Waals surface area contributed by atoms with E-state index in [1.807, 2.05) is 0 Å². The first-order valence-corrected chi connectivity index (χ1v) is 6.25. The van der Waals surface area contributed by atoms with Gasteiger partial charge < -0.3 is 10.6 Å². The van der Waals surface area contributed by atoms with Crippen molar-refractivity contribution in [1.82, 2.24) is 4.98 Å². The second kappa shape index (κ2) is 5.91. The summed E-state index contributed by atoms with van der Waals surface area (Å²) in [7, 11) is 1.72. The summed E-state index contributed by atoms with van der Waals surface area (Å²) in [5.74, 6) is -0.282. The molecule has 0 aliphatic heterocycles. The summed E-state index contributed by atoms with van der Waals surface area (Å²) >= 11 is 11.9. The maximum atomic E-state index is 12.2. The molecule has 6 heteroatoms. The van der Waals surface area contributed by atoms with Gasteiger partial charge in [0.1, 0.15) is 0 Å². The van der Waals surface area contributed by atoms with Crippen LogP contribution < -0.4 is 10.6 Å². The SMILES string of the molecule is CNc1cnccc1C(=O)Nc1cc(Cl)ccc1Cl. The van der Waals surface area contributed by atoms with Crippen LogP contribution in [0.4, 0.5) is 11.4 Å². The molecule has 0 aliphatic carbocycles. The summed E-state index contributed by atoms with van der Waals surface area (Å²) in [6.45, 7) is 0. The van der Waals surface area contributed by atoms with Gasteiger partial charge in [0.2, 0.25) is 0 Å². The Bertz CT molecular complexity index is 617. The molecule has 1 aromatic carbocycles. The van der Waals surface area contributed by atoms with Crippen molar-refractivity contribution in [3.05, 3.63) is 52.3 Å². The van der Waals surface area contributed by atoms with E-state index in [0.717, 1.165) is 0 Å². The average molecular weight is 296 g/mol. The molecule has 0 aliphatic rings. The molecule has 0 spiro atoms. The quantitative estimate of drug-likeness (QED) is 0.908. The van der Waals surface area contributed by atoms with E-state index < -0.39 is 0 Å². The number of benzene rings is 1. The minimum absolute atomic E-state index is 0.282. The second-order valence-electron chi connectivity index (χ2n) is 3.75. The van der Waals surface area contributed by atoms with E-state index in [-0.39, 0.29) is 5.91 Å². The second-order valence-corrected chi connectivity index (χ2v) is 4.59. The number of amides is 1. The van der Waals surface area contributed by atoms with Gasteiger partial charge in [0.15, 0.2) is 0 Å². The van der Waals surface area contributed by atoms with E-state index in [9.17, 15) is 4.79 Å². The third-order valence-electron chi connectivity index (χ3n) is 2.51. The smallest absolute Gasteiger partial charge is 0.257 e. The molecular formula is C13H11Cl2N3O. The number of hydrogen-bond acceptors (Lipinski definition) is 3. The van der Waals surface area contributed by atoms with Crippen LogP contribution in [0.2, 0.25) is 10.0 Å². The molecule has 0 radical (unpaired) electrons. The van der Waals surface area contributed by atoms with E-state index in [4.69, 9.17) is 23.2 Å². The van der Waals surface area contributed by atoms with Crippen molar-refractivity contribution in [2.75, 3.05) is 17.7 Å². The Balaban J connectivity index is 2.28. The van der Waals surface area contributed by atoms with Crippen molar-refractivity contribution in [3.63, 3.8) is 0 Å². The summed E-state index contributed by atoms with van der Waals surface area (Å²) in [6.07, 6.45) is 3.13. The molecule has 0 saturated carbocycles. The van der Waals surface area contributed by atoms with Gasteiger partial charge in [-0.05, 0) is 24.3 Å². The number of pyridine rings is 1. The Kier molecular flexibility index (Phi) is 4.24. The minimum atomic E-state index is -0.282. The molecule has 98 valence electrons. The van der Waals surface area contributed by atoms with E-state index >= 15 is 0 Å². The minimum Gasteiger partial charge on any atom is -0.386 e. The van der Waals surface area contributed by atoms with Gasteiger partial charge in [-0.15, -0.1) is 0 Å². The molecular weight excluding hydrogens is 285 g/mol. The molecule has 0 unspecified atom stereocenters. The normalized spacial score (nSPS) is 10.1. The number of carbonyl (C=O) groups is 1. The predicted octanol–water partition coefficient (Wildman–Crippen LogP) is 3.68. The lowest BCUT2D eigenvalue weighted by molar-refractivity contribution is 0.102. The maximum absolute atomic E-state index is 12.2. The van der Waals surface area contributed by atoms with Gasteiger partial charge in [-0.25, -0.2) is 0 Å². The fourth-order valence-corrected chi connectivity index (χ4v) is 1.91. The van der Waals surface area contributed by atoms with Gasteiger partial charge in [-0.3, -0.25) is 9.78 Å². The average Bonchev–Trinajstić information content (AvgIpc) is 2.42. The van der Waals surface area contributed by atoms with Crippen LogP contribution in [0.5, 0.6) is 0 Å². The zero-order valence-corrected chi connectivity index (χ0v) is 11.6. The van der Waals surface area contributed by atoms with E-state index in [1.165, 1.54) is 0 Å². The Morgan fingerprint density at radius 1 is 1.21 bits per heavy atom.